The number of carbonyl (C=O) groups excluding carboxylic acids is 1. The maximum atomic E-state index is 11.4. The lowest BCUT2D eigenvalue weighted by Gasteiger charge is -2.12. The fourth-order valence-corrected chi connectivity index (χ4v) is 3.07. The molecular weight excluding hydrogens is 182 g/mol. The zero-order valence-electron chi connectivity index (χ0n) is 7.91. The average Bonchev–Trinajstić information content (AvgIpc) is 2.62. The Morgan fingerprint density at radius 2 is 2.38 bits per heavy atom. The fourth-order valence-electron chi connectivity index (χ4n) is 2.02. The van der Waals surface area contributed by atoms with E-state index in [0.717, 1.165) is 18.5 Å². The second kappa shape index (κ2) is 3.22. The number of Topliss-reactive ketones (excluding diaryl/α,β-unsaturated/α-hetero) is 1. The van der Waals surface area contributed by atoms with Crippen LogP contribution < -0.4 is 0 Å². The lowest BCUT2D eigenvalue weighted by atomic mass is 9.95. The summed E-state index contributed by atoms with van der Waals surface area (Å²) < 4.78 is 0. The van der Waals surface area contributed by atoms with Gasteiger partial charge in [0.05, 0.1) is 11.2 Å². The Hall–Kier alpha value is -0.700. The van der Waals surface area contributed by atoms with Gasteiger partial charge in [-0.15, -0.1) is 11.3 Å². The summed E-state index contributed by atoms with van der Waals surface area (Å²) in [7, 11) is 0. The highest BCUT2D eigenvalue weighted by molar-refractivity contribution is 7.09. The summed E-state index contributed by atoms with van der Waals surface area (Å²) >= 11 is 1.69. The van der Waals surface area contributed by atoms with E-state index in [9.17, 15) is 4.79 Å². The minimum atomic E-state index is 0.208. The molecule has 1 heterocycles. The molecule has 2 unspecified atom stereocenters. The molecular formula is C10H13NOS. The molecule has 2 nitrogen and oxygen atoms in total. The zero-order chi connectivity index (χ0) is 9.42. The van der Waals surface area contributed by atoms with Crippen LogP contribution in [0.25, 0.3) is 0 Å². The van der Waals surface area contributed by atoms with Gasteiger partial charge in [-0.1, -0.05) is 6.92 Å². The Balaban J connectivity index is 2.28. The van der Waals surface area contributed by atoms with Crippen LogP contribution in [-0.2, 0) is 4.79 Å². The Labute approximate surface area is 82.0 Å². The molecule has 0 N–H and O–H groups in total. The van der Waals surface area contributed by atoms with Crippen LogP contribution in [0.4, 0.5) is 0 Å². The quantitative estimate of drug-likeness (QED) is 0.689. The molecule has 13 heavy (non-hydrogen) atoms. The topological polar surface area (TPSA) is 30.0 Å². The molecule has 2 rings (SSSR count). The molecule has 70 valence electrons. The van der Waals surface area contributed by atoms with Crippen LogP contribution in [0.3, 0.4) is 0 Å². The lowest BCUT2D eigenvalue weighted by Crippen LogP contribution is -2.08. The summed E-state index contributed by atoms with van der Waals surface area (Å²) in [5.41, 5.74) is 2.98. The van der Waals surface area contributed by atoms with E-state index in [1.807, 2.05) is 19.4 Å². The van der Waals surface area contributed by atoms with Crippen LogP contribution in [0.5, 0.6) is 0 Å². The van der Waals surface area contributed by atoms with Gasteiger partial charge in [-0.3, -0.25) is 4.79 Å². The third-order valence-corrected chi connectivity index (χ3v) is 4.00. The molecule has 1 saturated carbocycles. The van der Waals surface area contributed by atoms with Crippen molar-refractivity contribution in [2.24, 2.45) is 5.92 Å². The van der Waals surface area contributed by atoms with Crippen molar-refractivity contribution in [2.45, 2.75) is 32.6 Å². The van der Waals surface area contributed by atoms with Crippen molar-refractivity contribution in [3.8, 4) is 0 Å². The third-order valence-electron chi connectivity index (χ3n) is 2.93. The molecule has 1 aliphatic rings. The minimum absolute atomic E-state index is 0.208. The first-order chi connectivity index (χ1) is 6.20. The number of aromatic nitrogens is 1. The molecule has 0 amide bonds. The number of rotatable bonds is 1. The van der Waals surface area contributed by atoms with Crippen LogP contribution in [0.2, 0.25) is 0 Å². The average molecular weight is 195 g/mol. The lowest BCUT2D eigenvalue weighted by molar-refractivity contribution is -0.120. The summed E-state index contributed by atoms with van der Waals surface area (Å²) in [5.74, 6) is 1.07. The van der Waals surface area contributed by atoms with E-state index in [0.29, 0.717) is 11.7 Å². The van der Waals surface area contributed by atoms with Crippen LogP contribution in [0.1, 0.15) is 36.3 Å². The first-order valence-electron chi connectivity index (χ1n) is 4.63. The first-order valence-corrected chi connectivity index (χ1v) is 5.51. The molecule has 0 aliphatic heterocycles. The monoisotopic (exact) mass is 195 g/mol. The van der Waals surface area contributed by atoms with E-state index in [1.165, 1.54) is 4.88 Å². The van der Waals surface area contributed by atoms with E-state index in [2.05, 4.69) is 4.98 Å². The van der Waals surface area contributed by atoms with Gasteiger partial charge in [0.15, 0.2) is 0 Å². The predicted octanol–water partition coefficient (Wildman–Crippen LogP) is 2.53. The van der Waals surface area contributed by atoms with Crippen LogP contribution in [-0.4, -0.2) is 10.8 Å². The van der Waals surface area contributed by atoms with Crippen molar-refractivity contribution in [1.29, 1.82) is 0 Å². The number of thiazole rings is 1. The van der Waals surface area contributed by atoms with Gasteiger partial charge in [0.25, 0.3) is 0 Å². The molecule has 1 aromatic rings. The van der Waals surface area contributed by atoms with Gasteiger partial charge in [0, 0.05) is 23.1 Å². The molecule has 2 atom stereocenters. The Morgan fingerprint density at radius 1 is 1.62 bits per heavy atom. The SMILES string of the molecule is Cc1ncsc1C1CCC(=O)C1C. The van der Waals surface area contributed by atoms with Gasteiger partial charge < -0.3 is 0 Å². The molecule has 0 spiro atoms. The highest BCUT2D eigenvalue weighted by atomic mass is 32.1. The molecule has 0 radical (unpaired) electrons. The highest BCUT2D eigenvalue weighted by Crippen LogP contribution is 2.39. The Morgan fingerprint density at radius 3 is 2.85 bits per heavy atom. The van der Waals surface area contributed by atoms with Gasteiger partial charge in [-0.05, 0) is 13.3 Å². The molecule has 0 bridgehead atoms. The van der Waals surface area contributed by atoms with Crippen molar-refractivity contribution in [3.63, 3.8) is 0 Å². The van der Waals surface area contributed by atoms with Crippen molar-refractivity contribution < 1.29 is 4.79 Å². The summed E-state index contributed by atoms with van der Waals surface area (Å²) in [6, 6.07) is 0. The Bertz CT molecular complexity index is 331. The van der Waals surface area contributed by atoms with E-state index in [4.69, 9.17) is 0 Å². The number of carbonyl (C=O) groups is 1. The minimum Gasteiger partial charge on any atom is -0.299 e. The van der Waals surface area contributed by atoms with Gasteiger partial charge in [0.1, 0.15) is 5.78 Å². The Kier molecular flexibility index (Phi) is 2.20. The van der Waals surface area contributed by atoms with Crippen LogP contribution in [0, 0.1) is 12.8 Å². The third kappa shape index (κ3) is 1.41. The van der Waals surface area contributed by atoms with Gasteiger partial charge >= 0.3 is 0 Å². The summed E-state index contributed by atoms with van der Waals surface area (Å²) in [4.78, 5) is 16.9. The summed E-state index contributed by atoms with van der Waals surface area (Å²) in [5, 5.41) is 0. The van der Waals surface area contributed by atoms with Crippen molar-refractivity contribution >= 4 is 17.1 Å². The van der Waals surface area contributed by atoms with Crippen LogP contribution >= 0.6 is 11.3 Å². The normalized spacial score (nSPS) is 28.3. The van der Waals surface area contributed by atoms with Crippen molar-refractivity contribution in [2.75, 3.05) is 0 Å². The van der Waals surface area contributed by atoms with Crippen molar-refractivity contribution in [3.05, 3.63) is 16.1 Å². The maximum Gasteiger partial charge on any atom is 0.136 e. The van der Waals surface area contributed by atoms with Crippen LogP contribution in [0.15, 0.2) is 5.51 Å². The van der Waals surface area contributed by atoms with Gasteiger partial charge in [0.2, 0.25) is 0 Å². The summed E-state index contributed by atoms with van der Waals surface area (Å²) in [6.45, 7) is 4.07. The number of ketones is 1. The molecule has 1 aromatic heterocycles. The standard InChI is InChI=1S/C10H13NOS/c1-6-8(3-4-9(6)12)10-7(2)11-5-13-10/h5-6,8H,3-4H2,1-2H3. The maximum absolute atomic E-state index is 11.4. The van der Waals surface area contributed by atoms with Crippen molar-refractivity contribution in [1.82, 2.24) is 4.98 Å². The van der Waals surface area contributed by atoms with E-state index in [-0.39, 0.29) is 5.92 Å². The highest BCUT2D eigenvalue weighted by Gasteiger charge is 2.33. The molecule has 0 aromatic carbocycles. The second-order valence-electron chi connectivity index (χ2n) is 3.70. The molecule has 1 fully saturated rings. The fraction of sp³-hybridized carbons (Fsp3) is 0.600. The second-order valence-corrected chi connectivity index (χ2v) is 4.59. The van der Waals surface area contributed by atoms with E-state index < -0.39 is 0 Å². The number of aryl methyl sites for hydroxylation is 1. The largest absolute Gasteiger partial charge is 0.299 e. The van der Waals surface area contributed by atoms with Gasteiger partial charge in [-0.2, -0.15) is 0 Å². The molecule has 3 heteroatoms. The predicted molar refractivity (Wildman–Crippen MR) is 53.0 cm³/mol. The first kappa shape index (κ1) is 8.88. The number of hydrogen-bond donors (Lipinski definition) is 0. The number of hydrogen-bond acceptors (Lipinski definition) is 3. The van der Waals surface area contributed by atoms with Gasteiger partial charge in [-0.25, -0.2) is 4.98 Å². The van der Waals surface area contributed by atoms with E-state index >= 15 is 0 Å². The zero-order valence-corrected chi connectivity index (χ0v) is 8.73. The smallest absolute Gasteiger partial charge is 0.136 e. The summed E-state index contributed by atoms with van der Waals surface area (Å²) in [6.07, 6.45) is 1.77. The van der Waals surface area contributed by atoms with E-state index in [1.54, 1.807) is 11.3 Å². The number of nitrogens with zero attached hydrogens (tertiary/aromatic N) is 1. The molecule has 0 saturated heterocycles. The molecule has 1 aliphatic carbocycles.